The van der Waals surface area contributed by atoms with Gasteiger partial charge in [0.25, 0.3) is 0 Å². The number of halogens is 2. The maximum Gasteiger partial charge on any atom is 0.143 e. The zero-order valence-corrected chi connectivity index (χ0v) is 10.8. The van der Waals surface area contributed by atoms with Gasteiger partial charge in [0.05, 0.1) is 11.6 Å². The van der Waals surface area contributed by atoms with Crippen molar-refractivity contribution in [1.29, 1.82) is 0 Å². The van der Waals surface area contributed by atoms with Crippen LogP contribution in [0.3, 0.4) is 0 Å². The van der Waals surface area contributed by atoms with Gasteiger partial charge in [-0.15, -0.1) is 0 Å². The number of phenolic OH excluding ortho intramolecular Hbond substituents is 1. The van der Waals surface area contributed by atoms with Crippen molar-refractivity contribution in [3.05, 3.63) is 27.7 Å². The minimum Gasteiger partial charge on any atom is -0.506 e. The normalized spacial score (nSPS) is 20.2. The van der Waals surface area contributed by atoms with Crippen molar-refractivity contribution in [2.75, 3.05) is 13.1 Å². The van der Waals surface area contributed by atoms with Crippen molar-refractivity contribution < 1.29 is 5.11 Å². The van der Waals surface area contributed by atoms with Crippen LogP contribution in [-0.4, -0.2) is 30.5 Å². The highest BCUT2D eigenvalue weighted by molar-refractivity contribution is 6.36. The lowest BCUT2D eigenvalue weighted by molar-refractivity contribution is 0.474. The first kappa shape index (κ1) is 12.7. The molecule has 0 aliphatic carbocycles. The lowest BCUT2D eigenvalue weighted by Crippen LogP contribution is -2.24. The van der Waals surface area contributed by atoms with Gasteiger partial charge in [-0.25, -0.2) is 0 Å². The van der Waals surface area contributed by atoms with Crippen LogP contribution < -0.4 is 5.32 Å². The van der Waals surface area contributed by atoms with E-state index in [-0.39, 0.29) is 10.8 Å². The molecule has 1 fully saturated rings. The monoisotopic (exact) mass is 272 g/mol. The van der Waals surface area contributed by atoms with Crippen molar-refractivity contribution in [2.24, 2.45) is 4.99 Å². The van der Waals surface area contributed by atoms with Crippen molar-refractivity contribution >= 4 is 29.4 Å². The van der Waals surface area contributed by atoms with E-state index in [2.05, 4.69) is 10.3 Å². The van der Waals surface area contributed by atoms with E-state index in [1.165, 1.54) is 12.5 Å². The molecule has 92 valence electrons. The Kier molecular flexibility index (Phi) is 4.26. The standard InChI is InChI=1S/C12H14Cl2N2O/c13-9-4-8(12(17)11(14)5-9)6-15-7-10-2-1-3-16-10/h4-6,10,16-17H,1-3,7H2/t10-/m0/s1. The molecule has 1 aromatic rings. The molecule has 1 aliphatic rings. The minimum absolute atomic E-state index is 0.0270. The molecule has 0 radical (unpaired) electrons. The van der Waals surface area contributed by atoms with Crippen LogP contribution in [0.15, 0.2) is 17.1 Å². The molecule has 2 rings (SSSR count). The molecule has 5 heteroatoms. The number of rotatable bonds is 3. The highest BCUT2D eigenvalue weighted by Gasteiger charge is 2.12. The summed E-state index contributed by atoms with van der Waals surface area (Å²) in [4.78, 5) is 4.30. The van der Waals surface area contributed by atoms with Crippen LogP contribution in [0.25, 0.3) is 0 Å². The maximum atomic E-state index is 9.72. The van der Waals surface area contributed by atoms with Crippen LogP contribution in [-0.2, 0) is 0 Å². The smallest absolute Gasteiger partial charge is 0.143 e. The molecular formula is C12H14Cl2N2O. The van der Waals surface area contributed by atoms with Crippen LogP contribution in [0, 0.1) is 0 Å². The first-order chi connectivity index (χ1) is 8.16. The first-order valence-electron chi connectivity index (χ1n) is 5.58. The molecule has 1 aromatic carbocycles. The number of hydrogen-bond donors (Lipinski definition) is 2. The Hall–Kier alpha value is -0.770. The van der Waals surface area contributed by atoms with Gasteiger partial charge < -0.3 is 10.4 Å². The van der Waals surface area contributed by atoms with Gasteiger partial charge in [0, 0.05) is 22.8 Å². The van der Waals surface area contributed by atoms with E-state index < -0.39 is 0 Å². The lowest BCUT2D eigenvalue weighted by atomic mass is 10.2. The minimum atomic E-state index is 0.0270. The van der Waals surface area contributed by atoms with E-state index in [0.717, 1.165) is 13.0 Å². The molecule has 2 N–H and O–H groups in total. The predicted octanol–water partition coefficient (Wildman–Crippen LogP) is 2.87. The van der Waals surface area contributed by atoms with Gasteiger partial charge in [-0.1, -0.05) is 23.2 Å². The SMILES string of the molecule is Oc1c(Cl)cc(Cl)cc1C=NC[C@@H]1CCCN1. The van der Waals surface area contributed by atoms with E-state index in [4.69, 9.17) is 23.2 Å². The third kappa shape index (κ3) is 3.35. The maximum absolute atomic E-state index is 9.72. The number of hydrogen-bond acceptors (Lipinski definition) is 3. The zero-order valence-electron chi connectivity index (χ0n) is 9.29. The molecule has 1 saturated heterocycles. The van der Waals surface area contributed by atoms with Gasteiger partial charge >= 0.3 is 0 Å². The Balaban J connectivity index is 2.04. The Morgan fingerprint density at radius 1 is 1.47 bits per heavy atom. The second kappa shape index (κ2) is 5.71. The second-order valence-electron chi connectivity index (χ2n) is 4.11. The highest BCUT2D eigenvalue weighted by atomic mass is 35.5. The van der Waals surface area contributed by atoms with Crippen molar-refractivity contribution in [3.63, 3.8) is 0 Å². The molecule has 0 aromatic heterocycles. The van der Waals surface area contributed by atoms with Crippen LogP contribution in [0.1, 0.15) is 18.4 Å². The molecule has 0 spiro atoms. The van der Waals surface area contributed by atoms with Gasteiger partial charge in [0.1, 0.15) is 5.75 Å². The fourth-order valence-electron chi connectivity index (χ4n) is 1.88. The summed E-state index contributed by atoms with van der Waals surface area (Å²) in [6.07, 6.45) is 3.97. The fourth-order valence-corrected chi connectivity index (χ4v) is 2.38. The number of phenols is 1. The third-order valence-electron chi connectivity index (χ3n) is 2.78. The first-order valence-corrected chi connectivity index (χ1v) is 6.33. The molecule has 17 heavy (non-hydrogen) atoms. The second-order valence-corrected chi connectivity index (χ2v) is 4.96. The van der Waals surface area contributed by atoms with E-state index in [1.54, 1.807) is 12.3 Å². The summed E-state index contributed by atoms with van der Waals surface area (Å²) in [7, 11) is 0. The Labute approximate surface area is 110 Å². The van der Waals surface area contributed by atoms with Crippen molar-refractivity contribution in [1.82, 2.24) is 5.32 Å². The summed E-state index contributed by atoms with van der Waals surface area (Å²) in [5.74, 6) is 0.0270. The molecule has 0 bridgehead atoms. The van der Waals surface area contributed by atoms with E-state index in [0.29, 0.717) is 23.2 Å². The van der Waals surface area contributed by atoms with Gasteiger partial charge in [-0.3, -0.25) is 4.99 Å². The van der Waals surface area contributed by atoms with Gasteiger partial charge in [-0.2, -0.15) is 0 Å². The molecule has 1 heterocycles. The largest absolute Gasteiger partial charge is 0.506 e. The molecular weight excluding hydrogens is 259 g/mol. The zero-order chi connectivity index (χ0) is 12.3. The number of aliphatic imine (C=N–C) groups is 1. The summed E-state index contributed by atoms with van der Waals surface area (Å²) in [5, 5.41) is 13.8. The third-order valence-corrected chi connectivity index (χ3v) is 3.28. The fraction of sp³-hybridized carbons (Fsp3) is 0.417. The number of aromatic hydroxyl groups is 1. The van der Waals surface area contributed by atoms with E-state index >= 15 is 0 Å². The highest BCUT2D eigenvalue weighted by Crippen LogP contribution is 2.29. The number of benzene rings is 1. The average Bonchev–Trinajstić information content (AvgIpc) is 2.78. The molecule has 1 aliphatic heterocycles. The topological polar surface area (TPSA) is 44.6 Å². The summed E-state index contributed by atoms with van der Waals surface area (Å²) in [5.41, 5.74) is 0.556. The Bertz CT molecular complexity index is 429. The molecule has 3 nitrogen and oxygen atoms in total. The van der Waals surface area contributed by atoms with Gasteiger partial charge in [0.15, 0.2) is 0 Å². The predicted molar refractivity (Wildman–Crippen MR) is 71.6 cm³/mol. The average molecular weight is 273 g/mol. The summed E-state index contributed by atoms with van der Waals surface area (Å²) >= 11 is 11.7. The number of nitrogens with one attached hydrogen (secondary N) is 1. The summed E-state index contributed by atoms with van der Waals surface area (Å²) in [6, 6.07) is 3.60. The molecule has 0 saturated carbocycles. The van der Waals surface area contributed by atoms with Crippen LogP contribution in [0.2, 0.25) is 10.0 Å². The van der Waals surface area contributed by atoms with E-state index in [1.807, 2.05) is 0 Å². The van der Waals surface area contributed by atoms with Crippen molar-refractivity contribution in [3.8, 4) is 5.75 Å². The lowest BCUT2D eigenvalue weighted by Gasteiger charge is -2.06. The van der Waals surface area contributed by atoms with Gasteiger partial charge in [0.2, 0.25) is 0 Å². The van der Waals surface area contributed by atoms with Crippen LogP contribution in [0.5, 0.6) is 5.75 Å². The quantitative estimate of drug-likeness (QED) is 0.832. The van der Waals surface area contributed by atoms with Gasteiger partial charge in [-0.05, 0) is 31.5 Å². The Morgan fingerprint density at radius 3 is 3.00 bits per heavy atom. The molecule has 0 amide bonds. The Morgan fingerprint density at radius 2 is 2.29 bits per heavy atom. The van der Waals surface area contributed by atoms with Crippen LogP contribution >= 0.6 is 23.2 Å². The van der Waals surface area contributed by atoms with Crippen LogP contribution in [0.4, 0.5) is 0 Å². The number of nitrogens with zero attached hydrogens (tertiary/aromatic N) is 1. The van der Waals surface area contributed by atoms with Crippen molar-refractivity contribution in [2.45, 2.75) is 18.9 Å². The molecule has 1 atom stereocenters. The summed E-state index contributed by atoms with van der Waals surface area (Å²) < 4.78 is 0. The molecule has 0 unspecified atom stereocenters. The van der Waals surface area contributed by atoms with E-state index in [9.17, 15) is 5.11 Å². The summed E-state index contributed by atoms with van der Waals surface area (Å²) in [6.45, 7) is 1.78.